The molecule has 2 aliphatic rings. The largest absolute Gasteiger partial charge is 0.319 e. The molecule has 0 bridgehead atoms. The molecule has 2 aromatic heterocycles. The number of hydrogen-bond acceptors (Lipinski definition) is 5. The molecule has 8 heteroatoms. The first-order valence-corrected chi connectivity index (χ1v) is 8.82. The van der Waals surface area contributed by atoms with Gasteiger partial charge in [-0.1, -0.05) is 35.3 Å². The molecule has 1 saturated heterocycles. The van der Waals surface area contributed by atoms with Crippen molar-refractivity contribution in [3.63, 3.8) is 0 Å². The maximum absolute atomic E-state index is 6.24. The first-order chi connectivity index (χ1) is 12.1. The summed E-state index contributed by atoms with van der Waals surface area (Å²) >= 11 is 12.3. The summed E-state index contributed by atoms with van der Waals surface area (Å²) in [4.78, 5) is 0. The van der Waals surface area contributed by atoms with Crippen LogP contribution in [-0.4, -0.2) is 26.1 Å². The van der Waals surface area contributed by atoms with Crippen LogP contribution in [0.5, 0.6) is 0 Å². The molecule has 2 fully saturated rings. The van der Waals surface area contributed by atoms with Crippen molar-refractivity contribution >= 4 is 28.8 Å². The number of benzene rings is 1. The Morgan fingerprint density at radius 3 is 2.48 bits per heavy atom. The van der Waals surface area contributed by atoms with Crippen LogP contribution < -0.4 is 0 Å². The van der Waals surface area contributed by atoms with E-state index >= 15 is 0 Å². The highest BCUT2D eigenvalue weighted by Crippen LogP contribution is 2.53. The molecule has 6 nitrogen and oxygen atoms in total. The fourth-order valence-electron chi connectivity index (χ4n) is 3.38. The van der Waals surface area contributed by atoms with E-state index in [0.717, 1.165) is 29.8 Å². The molecule has 0 radical (unpaired) electrons. The molecule has 25 heavy (non-hydrogen) atoms. The van der Waals surface area contributed by atoms with Gasteiger partial charge >= 0.3 is 0 Å². The van der Waals surface area contributed by atoms with Crippen molar-refractivity contribution in [3.05, 3.63) is 57.5 Å². The van der Waals surface area contributed by atoms with E-state index in [-0.39, 0.29) is 11.7 Å². The molecule has 5 rings (SSSR count). The van der Waals surface area contributed by atoms with Gasteiger partial charge in [0.2, 0.25) is 0 Å². The van der Waals surface area contributed by atoms with E-state index in [4.69, 9.17) is 32.7 Å². The van der Waals surface area contributed by atoms with Crippen LogP contribution in [0.15, 0.2) is 30.3 Å². The Morgan fingerprint density at radius 1 is 1.12 bits per heavy atom. The van der Waals surface area contributed by atoms with Crippen LogP contribution in [0.2, 0.25) is 10.2 Å². The van der Waals surface area contributed by atoms with E-state index in [1.807, 2.05) is 31.2 Å². The zero-order chi connectivity index (χ0) is 17.2. The molecule has 1 aliphatic carbocycles. The summed E-state index contributed by atoms with van der Waals surface area (Å²) in [6.45, 7) is 1.84. The summed E-state index contributed by atoms with van der Waals surface area (Å²) in [6, 6.07) is 9.56. The number of ether oxygens (including phenoxy) is 2. The van der Waals surface area contributed by atoms with Gasteiger partial charge in [-0.2, -0.15) is 9.61 Å². The number of rotatable bonds is 3. The standard InChI is InChI=1S/C17H14Cl2N4O2/c1-9-24-15(25-9)12-8-13(19)22-23-14(12)20-21-16(23)17(6-7-17)10-2-4-11(18)5-3-10/h2-5,8-9,15H,6-7H2,1H3. The lowest BCUT2D eigenvalue weighted by Gasteiger charge is -2.33. The molecule has 1 saturated carbocycles. The molecule has 0 unspecified atom stereocenters. The van der Waals surface area contributed by atoms with Crippen molar-refractivity contribution in [2.75, 3.05) is 0 Å². The first kappa shape index (κ1) is 15.5. The normalized spacial score (nSPS) is 24.3. The third-order valence-electron chi connectivity index (χ3n) is 4.83. The van der Waals surface area contributed by atoms with Crippen molar-refractivity contribution in [3.8, 4) is 0 Å². The van der Waals surface area contributed by atoms with Crippen molar-refractivity contribution in [2.24, 2.45) is 0 Å². The van der Waals surface area contributed by atoms with Crippen LogP contribution in [-0.2, 0) is 14.9 Å². The Hall–Kier alpha value is -1.73. The molecule has 0 atom stereocenters. The molecule has 0 amide bonds. The van der Waals surface area contributed by atoms with Gasteiger partial charge in [0.15, 0.2) is 29.2 Å². The zero-order valence-corrected chi connectivity index (χ0v) is 14.8. The summed E-state index contributed by atoms with van der Waals surface area (Å²) in [5.74, 6) is 0.779. The Labute approximate surface area is 153 Å². The maximum Gasteiger partial charge on any atom is 0.193 e. The molecular weight excluding hydrogens is 363 g/mol. The monoisotopic (exact) mass is 376 g/mol. The highest BCUT2D eigenvalue weighted by atomic mass is 35.5. The van der Waals surface area contributed by atoms with Gasteiger partial charge in [-0.15, -0.1) is 10.2 Å². The quantitative estimate of drug-likeness (QED) is 0.693. The molecule has 128 valence electrons. The second-order valence-corrected chi connectivity index (χ2v) is 7.27. The molecular formula is C17H14Cl2N4O2. The van der Waals surface area contributed by atoms with Crippen molar-refractivity contribution in [1.82, 2.24) is 19.8 Å². The van der Waals surface area contributed by atoms with Gasteiger partial charge in [0.05, 0.1) is 11.0 Å². The minimum Gasteiger partial charge on any atom is -0.319 e. The van der Waals surface area contributed by atoms with Gasteiger partial charge in [-0.05, 0) is 43.5 Å². The van der Waals surface area contributed by atoms with Crippen LogP contribution in [0, 0.1) is 0 Å². The van der Waals surface area contributed by atoms with Crippen LogP contribution in [0.3, 0.4) is 0 Å². The molecule has 3 heterocycles. The van der Waals surface area contributed by atoms with Crippen LogP contribution >= 0.6 is 23.2 Å². The van der Waals surface area contributed by atoms with Crippen LogP contribution in [0.25, 0.3) is 5.65 Å². The lowest BCUT2D eigenvalue weighted by Crippen LogP contribution is -2.32. The van der Waals surface area contributed by atoms with Crippen LogP contribution in [0.4, 0.5) is 0 Å². The average molecular weight is 377 g/mol. The topological polar surface area (TPSA) is 61.5 Å². The number of hydrogen-bond donors (Lipinski definition) is 0. The van der Waals surface area contributed by atoms with E-state index in [1.165, 1.54) is 0 Å². The minimum atomic E-state index is -0.485. The van der Waals surface area contributed by atoms with E-state index in [0.29, 0.717) is 15.8 Å². The number of nitrogens with zero attached hydrogens (tertiary/aromatic N) is 4. The van der Waals surface area contributed by atoms with E-state index in [2.05, 4.69) is 15.3 Å². The summed E-state index contributed by atoms with van der Waals surface area (Å²) in [6.07, 6.45) is 1.24. The lowest BCUT2D eigenvalue weighted by molar-refractivity contribution is -0.382. The van der Waals surface area contributed by atoms with Crippen LogP contribution in [0.1, 0.15) is 43.0 Å². The highest BCUT2D eigenvalue weighted by Gasteiger charge is 2.50. The van der Waals surface area contributed by atoms with E-state index < -0.39 is 6.29 Å². The maximum atomic E-state index is 6.24. The number of halogens is 2. The second kappa shape index (κ2) is 5.38. The molecule has 0 spiro atoms. The number of aromatic nitrogens is 4. The van der Waals surface area contributed by atoms with Gasteiger partial charge < -0.3 is 9.47 Å². The predicted octanol–water partition coefficient (Wildman–Crippen LogP) is 3.90. The van der Waals surface area contributed by atoms with Crippen molar-refractivity contribution < 1.29 is 9.47 Å². The SMILES string of the molecule is CC1OC(c2cc(Cl)nn3c(C4(c5ccc(Cl)cc5)CC4)nnc23)O1. The van der Waals surface area contributed by atoms with E-state index in [9.17, 15) is 0 Å². The Morgan fingerprint density at radius 2 is 1.84 bits per heavy atom. The lowest BCUT2D eigenvalue weighted by atomic mass is 9.95. The van der Waals surface area contributed by atoms with Gasteiger partial charge in [0, 0.05) is 5.02 Å². The van der Waals surface area contributed by atoms with Gasteiger partial charge in [0.1, 0.15) is 0 Å². The minimum absolute atomic E-state index is 0.201. The van der Waals surface area contributed by atoms with Gasteiger partial charge in [-0.25, -0.2) is 0 Å². The highest BCUT2D eigenvalue weighted by molar-refractivity contribution is 6.30. The number of fused-ring (bicyclic) bond motifs is 1. The van der Waals surface area contributed by atoms with E-state index in [1.54, 1.807) is 10.6 Å². The van der Waals surface area contributed by atoms with Crippen molar-refractivity contribution in [1.29, 1.82) is 0 Å². The Kier molecular flexibility index (Phi) is 3.34. The Bertz CT molecular complexity index is 963. The fraction of sp³-hybridized carbons (Fsp3) is 0.353. The smallest absolute Gasteiger partial charge is 0.193 e. The molecule has 3 aromatic rings. The molecule has 0 N–H and O–H groups in total. The Balaban J connectivity index is 1.64. The van der Waals surface area contributed by atoms with Crippen molar-refractivity contribution in [2.45, 2.75) is 37.8 Å². The second-order valence-electron chi connectivity index (χ2n) is 6.44. The molecule has 1 aromatic carbocycles. The summed E-state index contributed by atoms with van der Waals surface area (Å²) in [7, 11) is 0. The fourth-order valence-corrected chi connectivity index (χ4v) is 3.70. The average Bonchev–Trinajstić information content (AvgIpc) is 3.25. The summed E-state index contributed by atoms with van der Waals surface area (Å²) in [5, 5.41) is 14.3. The molecule has 1 aliphatic heterocycles. The zero-order valence-electron chi connectivity index (χ0n) is 13.3. The third-order valence-corrected chi connectivity index (χ3v) is 5.26. The third kappa shape index (κ3) is 2.36. The summed E-state index contributed by atoms with van der Waals surface area (Å²) < 4.78 is 12.9. The van der Waals surface area contributed by atoms with Gasteiger partial charge in [0.25, 0.3) is 0 Å². The van der Waals surface area contributed by atoms with Gasteiger partial charge in [-0.3, -0.25) is 0 Å². The summed E-state index contributed by atoms with van der Waals surface area (Å²) in [5.41, 5.74) is 2.30. The predicted molar refractivity (Wildman–Crippen MR) is 91.6 cm³/mol. The first-order valence-electron chi connectivity index (χ1n) is 8.06.